The van der Waals surface area contributed by atoms with Crippen molar-refractivity contribution in [3.63, 3.8) is 0 Å². The molecule has 2 aromatic rings. The molecular formula is C16H19BN4O. The summed E-state index contributed by atoms with van der Waals surface area (Å²) in [6.45, 7) is 1.45. The molecule has 2 N–H and O–H groups in total. The highest BCUT2D eigenvalue weighted by Crippen LogP contribution is 2.35. The third kappa shape index (κ3) is 2.56. The average molecular weight is 294 g/mol. The zero-order chi connectivity index (χ0) is 15.6. The maximum absolute atomic E-state index is 12.1. The smallest absolute Gasteiger partial charge is 0.228 e. The summed E-state index contributed by atoms with van der Waals surface area (Å²) in [5, 5.41) is 0. The van der Waals surface area contributed by atoms with Gasteiger partial charge in [-0.25, -0.2) is 9.97 Å². The van der Waals surface area contributed by atoms with E-state index in [-0.39, 0.29) is 5.91 Å². The van der Waals surface area contributed by atoms with Gasteiger partial charge in [0.15, 0.2) is 0 Å². The van der Waals surface area contributed by atoms with Crippen LogP contribution in [0.4, 0.5) is 5.95 Å². The molecule has 1 aliphatic rings. The summed E-state index contributed by atoms with van der Waals surface area (Å²) in [6, 6.07) is 9.84. The average Bonchev–Trinajstić information content (AvgIpc) is 2.56. The third-order valence-electron chi connectivity index (χ3n) is 4.47. The van der Waals surface area contributed by atoms with Gasteiger partial charge < -0.3 is 10.6 Å². The molecule has 6 heteroatoms. The summed E-state index contributed by atoms with van der Waals surface area (Å²) in [6.07, 6.45) is 5.00. The molecule has 0 saturated carbocycles. The Morgan fingerprint density at radius 1 is 1.14 bits per heavy atom. The lowest BCUT2D eigenvalue weighted by atomic mass is 9.72. The molecule has 1 aliphatic heterocycles. The molecular weight excluding hydrogens is 275 g/mol. The number of piperidine rings is 1. The summed E-state index contributed by atoms with van der Waals surface area (Å²) in [7, 11) is 1.97. The molecule has 1 aromatic heterocycles. The van der Waals surface area contributed by atoms with Crippen molar-refractivity contribution >= 4 is 25.2 Å². The van der Waals surface area contributed by atoms with Crippen LogP contribution in [-0.2, 0) is 10.2 Å². The number of amides is 1. The van der Waals surface area contributed by atoms with Gasteiger partial charge in [0.25, 0.3) is 0 Å². The largest absolute Gasteiger partial charge is 0.369 e. The van der Waals surface area contributed by atoms with E-state index >= 15 is 0 Å². The number of hydrogen-bond donors (Lipinski definition) is 1. The lowest BCUT2D eigenvalue weighted by Crippen LogP contribution is -2.50. The Balaban J connectivity index is 1.81. The van der Waals surface area contributed by atoms with E-state index in [0.29, 0.717) is 12.8 Å². The summed E-state index contributed by atoms with van der Waals surface area (Å²) >= 11 is 0. The van der Waals surface area contributed by atoms with Crippen molar-refractivity contribution in [3.8, 4) is 0 Å². The SMILES string of the molecule is Bc1cnc(N2CCC(C(N)=O)(c3ccccc3)CC2)nc1. The fraction of sp³-hybridized carbons (Fsp3) is 0.312. The molecule has 0 aliphatic carbocycles. The third-order valence-corrected chi connectivity index (χ3v) is 4.47. The predicted molar refractivity (Wildman–Crippen MR) is 89.0 cm³/mol. The van der Waals surface area contributed by atoms with Crippen LogP contribution in [0.25, 0.3) is 0 Å². The first kappa shape index (κ1) is 14.6. The fourth-order valence-corrected chi connectivity index (χ4v) is 3.07. The number of aromatic nitrogens is 2. The van der Waals surface area contributed by atoms with Gasteiger partial charge in [0, 0.05) is 25.5 Å². The van der Waals surface area contributed by atoms with E-state index in [1.54, 1.807) is 0 Å². The first-order chi connectivity index (χ1) is 10.6. The Morgan fingerprint density at radius 3 is 2.27 bits per heavy atom. The van der Waals surface area contributed by atoms with Crippen LogP contribution in [0.1, 0.15) is 18.4 Å². The summed E-state index contributed by atoms with van der Waals surface area (Å²) in [5.74, 6) is 0.472. The molecule has 1 amide bonds. The standard InChI is InChI=1S/C16H19BN4O/c17-13-10-19-15(20-11-13)21-8-6-16(7-9-21,14(18)22)12-4-2-1-3-5-12/h1-5,10-11H,6-9,17H2,(H2,18,22). The van der Waals surface area contributed by atoms with E-state index in [1.807, 2.05) is 50.6 Å². The molecule has 1 aromatic carbocycles. The maximum Gasteiger partial charge on any atom is 0.228 e. The van der Waals surface area contributed by atoms with Gasteiger partial charge in [-0.1, -0.05) is 35.8 Å². The summed E-state index contributed by atoms with van der Waals surface area (Å²) in [4.78, 5) is 23.0. The second kappa shape index (κ2) is 5.79. The highest BCUT2D eigenvalue weighted by atomic mass is 16.1. The van der Waals surface area contributed by atoms with Crippen LogP contribution in [-0.4, -0.2) is 36.8 Å². The van der Waals surface area contributed by atoms with E-state index in [2.05, 4.69) is 14.9 Å². The number of primary amides is 1. The van der Waals surface area contributed by atoms with E-state index in [9.17, 15) is 4.79 Å². The topological polar surface area (TPSA) is 72.1 Å². The Kier molecular flexibility index (Phi) is 3.83. The van der Waals surface area contributed by atoms with Crippen molar-refractivity contribution in [2.75, 3.05) is 18.0 Å². The lowest BCUT2D eigenvalue weighted by Gasteiger charge is -2.40. The monoisotopic (exact) mass is 294 g/mol. The van der Waals surface area contributed by atoms with Gasteiger partial charge >= 0.3 is 0 Å². The van der Waals surface area contributed by atoms with Gasteiger partial charge in [0.05, 0.1) is 5.41 Å². The molecule has 1 fully saturated rings. The Labute approximate surface area is 131 Å². The second-order valence-corrected chi connectivity index (χ2v) is 5.86. The molecule has 0 atom stereocenters. The highest BCUT2D eigenvalue weighted by molar-refractivity contribution is 6.31. The predicted octanol–water partition coefficient (Wildman–Crippen LogP) is -0.241. The van der Waals surface area contributed by atoms with Gasteiger partial charge in [0.1, 0.15) is 7.85 Å². The van der Waals surface area contributed by atoms with Gasteiger partial charge in [-0.15, -0.1) is 0 Å². The number of nitrogens with two attached hydrogens (primary N) is 1. The van der Waals surface area contributed by atoms with Crippen molar-refractivity contribution in [3.05, 3.63) is 48.3 Å². The number of anilines is 1. The molecule has 2 heterocycles. The number of rotatable bonds is 3. The van der Waals surface area contributed by atoms with E-state index in [0.717, 1.165) is 30.1 Å². The molecule has 0 spiro atoms. The quantitative estimate of drug-likeness (QED) is 0.793. The van der Waals surface area contributed by atoms with Crippen molar-refractivity contribution in [2.45, 2.75) is 18.3 Å². The van der Waals surface area contributed by atoms with E-state index in [1.165, 1.54) is 0 Å². The van der Waals surface area contributed by atoms with Crippen molar-refractivity contribution < 1.29 is 4.79 Å². The van der Waals surface area contributed by atoms with Gasteiger partial charge in [-0.05, 0) is 18.4 Å². The molecule has 0 bridgehead atoms. The Morgan fingerprint density at radius 2 is 1.73 bits per heavy atom. The molecule has 1 saturated heterocycles. The molecule has 22 heavy (non-hydrogen) atoms. The van der Waals surface area contributed by atoms with Gasteiger partial charge in [-0.3, -0.25) is 4.79 Å². The minimum atomic E-state index is -0.581. The van der Waals surface area contributed by atoms with Crippen LogP contribution in [0.5, 0.6) is 0 Å². The van der Waals surface area contributed by atoms with Crippen LogP contribution in [0.2, 0.25) is 0 Å². The number of hydrogen-bond acceptors (Lipinski definition) is 4. The zero-order valence-electron chi connectivity index (χ0n) is 12.7. The number of nitrogens with zero attached hydrogens (tertiary/aromatic N) is 3. The number of benzene rings is 1. The van der Waals surface area contributed by atoms with E-state index in [4.69, 9.17) is 5.73 Å². The van der Waals surface area contributed by atoms with Crippen LogP contribution in [0.3, 0.4) is 0 Å². The molecule has 0 radical (unpaired) electrons. The Bertz CT molecular complexity index is 652. The summed E-state index contributed by atoms with van der Waals surface area (Å²) < 4.78 is 0. The first-order valence-electron chi connectivity index (χ1n) is 7.51. The zero-order valence-corrected chi connectivity index (χ0v) is 12.7. The second-order valence-electron chi connectivity index (χ2n) is 5.86. The van der Waals surface area contributed by atoms with Gasteiger partial charge in [-0.2, -0.15) is 0 Å². The van der Waals surface area contributed by atoms with Crippen LogP contribution >= 0.6 is 0 Å². The van der Waals surface area contributed by atoms with E-state index < -0.39 is 5.41 Å². The minimum absolute atomic E-state index is 0.247. The molecule has 0 unspecified atom stereocenters. The minimum Gasteiger partial charge on any atom is -0.369 e. The van der Waals surface area contributed by atoms with Crippen molar-refractivity contribution in [1.29, 1.82) is 0 Å². The number of carbonyl (C=O) groups is 1. The maximum atomic E-state index is 12.1. The van der Waals surface area contributed by atoms with Crippen molar-refractivity contribution in [1.82, 2.24) is 9.97 Å². The molecule has 5 nitrogen and oxygen atoms in total. The fourth-order valence-electron chi connectivity index (χ4n) is 3.07. The van der Waals surface area contributed by atoms with Crippen LogP contribution in [0.15, 0.2) is 42.7 Å². The summed E-state index contributed by atoms with van der Waals surface area (Å²) in [5.41, 5.74) is 7.21. The molecule has 112 valence electrons. The first-order valence-corrected chi connectivity index (χ1v) is 7.51. The van der Waals surface area contributed by atoms with Crippen LogP contribution < -0.4 is 16.1 Å². The van der Waals surface area contributed by atoms with Crippen molar-refractivity contribution in [2.24, 2.45) is 5.73 Å². The van der Waals surface area contributed by atoms with Crippen LogP contribution in [0, 0.1) is 0 Å². The van der Waals surface area contributed by atoms with Gasteiger partial charge in [0.2, 0.25) is 11.9 Å². The lowest BCUT2D eigenvalue weighted by molar-refractivity contribution is -0.124. The Hall–Kier alpha value is -2.37. The molecule has 3 rings (SSSR count). The normalized spacial score (nSPS) is 17.2. The highest BCUT2D eigenvalue weighted by Gasteiger charge is 2.41. The number of carbonyl (C=O) groups excluding carboxylic acids is 1.